The van der Waals surface area contributed by atoms with Crippen molar-refractivity contribution >= 4 is 22.6 Å². The van der Waals surface area contributed by atoms with Gasteiger partial charge in [0.1, 0.15) is 16.6 Å². The number of benzene rings is 2. The van der Waals surface area contributed by atoms with Gasteiger partial charge < -0.3 is 5.32 Å². The van der Waals surface area contributed by atoms with Crippen molar-refractivity contribution in [2.45, 2.75) is 13.8 Å². The SMILES string of the molecule is Cc1ccc(-c2csc(C(C#N)=CNc3ccccc3)n2)cc1C. The number of hydrogen-bond acceptors (Lipinski definition) is 4. The molecule has 3 rings (SSSR count). The predicted octanol–water partition coefficient (Wildman–Crippen LogP) is 5.40. The maximum atomic E-state index is 9.43. The van der Waals surface area contributed by atoms with Crippen molar-refractivity contribution in [3.63, 3.8) is 0 Å². The summed E-state index contributed by atoms with van der Waals surface area (Å²) in [6, 6.07) is 18.3. The largest absolute Gasteiger partial charge is 0.360 e. The Hall–Kier alpha value is -2.90. The topological polar surface area (TPSA) is 48.7 Å². The van der Waals surface area contributed by atoms with E-state index < -0.39 is 0 Å². The summed E-state index contributed by atoms with van der Waals surface area (Å²) in [5.74, 6) is 0. The minimum absolute atomic E-state index is 0.527. The number of para-hydroxylation sites is 1. The van der Waals surface area contributed by atoms with Crippen molar-refractivity contribution in [1.29, 1.82) is 5.26 Å². The lowest BCUT2D eigenvalue weighted by atomic mass is 10.1. The van der Waals surface area contributed by atoms with Crippen LogP contribution in [0.2, 0.25) is 0 Å². The minimum Gasteiger partial charge on any atom is -0.360 e. The molecule has 0 amide bonds. The second-order valence-electron chi connectivity index (χ2n) is 5.52. The lowest BCUT2D eigenvalue weighted by molar-refractivity contribution is 1.31. The zero-order valence-electron chi connectivity index (χ0n) is 13.6. The molecule has 0 atom stereocenters. The van der Waals surface area contributed by atoms with Gasteiger partial charge in [0, 0.05) is 22.8 Å². The molecular weight excluding hydrogens is 314 g/mol. The molecular formula is C20H17N3S. The first-order chi connectivity index (χ1) is 11.7. The third-order valence-electron chi connectivity index (χ3n) is 3.81. The highest BCUT2D eigenvalue weighted by molar-refractivity contribution is 7.11. The van der Waals surface area contributed by atoms with Crippen LogP contribution in [-0.2, 0) is 0 Å². The number of anilines is 1. The zero-order valence-corrected chi connectivity index (χ0v) is 14.4. The summed E-state index contributed by atoms with van der Waals surface area (Å²) in [7, 11) is 0. The lowest BCUT2D eigenvalue weighted by Gasteiger charge is -2.02. The maximum absolute atomic E-state index is 9.43. The highest BCUT2D eigenvalue weighted by Crippen LogP contribution is 2.27. The summed E-state index contributed by atoms with van der Waals surface area (Å²) in [5.41, 5.74) is 5.95. The predicted molar refractivity (Wildman–Crippen MR) is 101 cm³/mol. The molecule has 2 aromatic carbocycles. The number of rotatable bonds is 4. The fraction of sp³-hybridized carbons (Fsp3) is 0.100. The molecule has 0 saturated heterocycles. The van der Waals surface area contributed by atoms with E-state index in [0.29, 0.717) is 10.6 Å². The second-order valence-corrected chi connectivity index (χ2v) is 6.38. The minimum atomic E-state index is 0.527. The zero-order chi connectivity index (χ0) is 16.9. The van der Waals surface area contributed by atoms with Gasteiger partial charge in [0.15, 0.2) is 0 Å². The van der Waals surface area contributed by atoms with Crippen LogP contribution < -0.4 is 5.32 Å². The van der Waals surface area contributed by atoms with E-state index >= 15 is 0 Å². The Morgan fingerprint density at radius 1 is 1.12 bits per heavy atom. The van der Waals surface area contributed by atoms with Crippen molar-refractivity contribution in [1.82, 2.24) is 4.98 Å². The number of aromatic nitrogens is 1. The van der Waals surface area contributed by atoms with Gasteiger partial charge in [-0.05, 0) is 43.2 Å². The number of aryl methyl sites for hydroxylation is 2. The Labute approximate surface area is 145 Å². The van der Waals surface area contributed by atoms with Crippen LogP contribution in [0, 0.1) is 25.2 Å². The smallest absolute Gasteiger partial charge is 0.136 e. The molecule has 0 aliphatic rings. The number of thiazole rings is 1. The number of hydrogen-bond donors (Lipinski definition) is 1. The Morgan fingerprint density at radius 3 is 2.62 bits per heavy atom. The summed E-state index contributed by atoms with van der Waals surface area (Å²) in [4.78, 5) is 4.62. The van der Waals surface area contributed by atoms with Crippen LogP contribution in [0.15, 0.2) is 60.1 Å². The van der Waals surface area contributed by atoms with Crippen LogP contribution in [0.3, 0.4) is 0 Å². The van der Waals surface area contributed by atoms with Crippen molar-refractivity contribution in [2.75, 3.05) is 5.32 Å². The molecule has 1 N–H and O–H groups in total. The van der Waals surface area contributed by atoms with Crippen LogP contribution >= 0.6 is 11.3 Å². The summed E-state index contributed by atoms with van der Waals surface area (Å²) in [6.45, 7) is 4.19. The fourth-order valence-electron chi connectivity index (χ4n) is 2.26. The molecule has 0 fully saturated rings. The molecule has 4 heteroatoms. The summed E-state index contributed by atoms with van der Waals surface area (Å²) in [6.07, 6.45) is 1.71. The van der Waals surface area contributed by atoms with E-state index in [2.05, 4.69) is 48.4 Å². The van der Waals surface area contributed by atoms with E-state index in [1.54, 1.807) is 6.20 Å². The van der Waals surface area contributed by atoms with E-state index in [1.165, 1.54) is 22.5 Å². The standard InChI is InChI=1S/C20H17N3S/c1-14-8-9-16(10-15(14)2)19-13-24-20(23-19)17(11-21)12-22-18-6-4-3-5-7-18/h3-10,12-13,22H,1-2H3. The Balaban J connectivity index is 1.85. The highest BCUT2D eigenvalue weighted by Gasteiger charge is 2.09. The first kappa shape index (κ1) is 16.0. The molecule has 0 aliphatic carbocycles. The number of nitrogens with one attached hydrogen (secondary N) is 1. The van der Waals surface area contributed by atoms with Gasteiger partial charge >= 0.3 is 0 Å². The average molecular weight is 331 g/mol. The van der Waals surface area contributed by atoms with E-state index in [0.717, 1.165) is 16.9 Å². The Morgan fingerprint density at radius 2 is 1.92 bits per heavy atom. The van der Waals surface area contributed by atoms with E-state index in [-0.39, 0.29) is 0 Å². The number of nitrogens with zero attached hydrogens (tertiary/aromatic N) is 2. The van der Waals surface area contributed by atoms with Crippen LogP contribution in [0.1, 0.15) is 16.1 Å². The maximum Gasteiger partial charge on any atom is 0.136 e. The fourth-order valence-corrected chi connectivity index (χ4v) is 3.06. The van der Waals surface area contributed by atoms with Crippen molar-refractivity contribution in [3.8, 4) is 17.3 Å². The quantitative estimate of drug-likeness (QED) is 0.651. The molecule has 0 spiro atoms. The van der Waals surface area contributed by atoms with Crippen LogP contribution in [0.5, 0.6) is 0 Å². The van der Waals surface area contributed by atoms with E-state index in [9.17, 15) is 5.26 Å². The van der Waals surface area contributed by atoms with Crippen molar-refractivity contribution in [3.05, 3.63) is 76.2 Å². The number of allylic oxidation sites excluding steroid dienone is 1. The molecule has 1 aromatic heterocycles. The van der Waals surface area contributed by atoms with E-state index in [4.69, 9.17) is 0 Å². The third kappa shape index (κ3) is 3.53. The van der Waals surface area contributed by atoms with Gasteiger partial charge in [0.2, 0.25) is 0 Å². The van der Waals surface area contributed by atoms with Gasteiger partial charge in [-0.15, -0.1) is 11.3 Å². The van der Waals surface area contributed by atoms with Crippen LogP contribution in [0.25, 0.3) is 16.8 Å². The first-order valence-electron chi connectivity index (χ1n) is 7.63. The summed E-state index contributed by atoms with van der Waals surface area (Å²) >= 11 is 1.48. The first-order valence-corrected chi connectivity index (χ1v) is 8.51. The van der Waals surface area contributed by atoms with Crippen molar-refractivity contribution in [2.24, 2.45) is 0 Å². The van der Waals surface area contributed by atoms with Crippen LogP contribution in [0.4, 0.5) is 5.69 Å². The molecule has 3 aromatic rings. The van der Waals surface area contributed by atoms with Gasteiger partial charge in [-0.2, -0.15) is 5.26 Å². The Kier molecular flexibility index (Phi) is 4.74. The van der Waals surface area contributed by atoms with Gasteiger partial charge in [-0.3, -0.25) is 0 Å². The van der Waals surface area contributed by atoms with Gasteiger partial charge in [-0.25, -0.2) is 4.98 Å². The monoisotopic (exact) mass is 331 g/mol. The Bertz CT molecular complexity index is 918. The van der Waals surface area contributed by atoms with E-state index in [1.807, 2.05) is 35.7 Å². The summed E-state index contributed by atoms with van der Waals surface area (Å²) < 4.78 is 0. The van der Waals surface area contributed by atoms with Gasteiger partial charge in [0.05, 0.1) is 5.69 Å². The van der Waals surface area contributed by atoms with Crippen LogP contribution in [-0.4, -0.2) is 4.98 Å². The molecule has 0 unspecified atom stereocenters. The lowest BCUT2D eigenvalue weighted by Crippen LogP contribution is -1.90. The number of nitriles is 1. The molecule has 118 valence electrons. The average Bonchev–Trinajstić information content (AvgIpc) is 3.09. The molecule has 3 nitrogen and oxygen atoms in total. The second kappa shape index (κ2) is 7.12. The van der Waals surface area contributed by atoms with Gasteiger partial charge in [-0.1, -0.05) is 30.3 Å². The normalized spacial score (nSPS) is 11.1. The molecule has 24 heavy (non-hydrogen) atoms. The summed E-state index contributed by atoms with van der Waals surface area (Å²) in [5, 5.41) is 15.3. The highest BCUT2D eigenvalue weighted by atomic mass is 32.1. The molecule has 0 bridgehead atoms. The molecule has 1 heterocycles. The molecule has 0 saturated carbocycles. The van der Waals surface area contributed by atoms with Gasteiger partial charge in [0.25, 0.3) is 0 Å². The molecule has 0 radical (unpaired) electrons. The third-order valence-corrected chi connectivity index (χ3v) is 4.69. The molecule has 0 aliphatic heterocycles. The van der Waals surface area contributed by atoms with Crippen molar-refractivity contribution < 1.29 is 0 Å².